The zero-order valence-electron chi connectivity index (χ0n) is 14.7. The molecular weight excluding hydrogens is 342 g/mol. The van der Waals surface area contributed by atoms with E-state index in [1.807, 2.05) is 13.0 Å². The van der Waals surface area contributed by atoms with Gasteiger partial charge >= 0.3 is 6.61 Å². The maximum Gasteiger partial charge on any atom is 0.387 e. The second kappa shape index (κ2) is 10.2. The topological polar surface area (TPSA) is 67.8 Å². The van der Waals surface area contributed by atoms with E-state index in [9.17, 15) is 8.78 Å². The van der Waals surface area contributed by atoms with Gasteiger partial charge in [0.25, 0.3) is 0 Å². The third kappa shape index (κ3) is 6.54. The average Bonchev–Trinajstić information content (AvgIpc) is 2.63. The normalized spacial score (nSPS) is 11.3. The Balaban J connectivity index is 1.82. The van der Waals surface area contributed by atoms with Crippen LogP contribution < -0.4 is 20.1 Å². The van der Waals surface area contributed by atoms with Gasteiger partial charge in [-0.05, 0) is 25.1 Å². The van der Waals surface area contributed by atoms with Crippen LogP contribution in [0.2, 0.25) is 0 Å². The summed E-state index contributed by atoms with van der Waals surface area (Å²) in [6.45, 7) is 0.267. The maximum absolute atomic E-state index is 12.5. The van der Waals surface area contributed by atoms with Gasteiger partial charge in [0.15, 0.2) is 5.96 Å². The van der Waals surface area contributed by atoms with E-state index >= 15 is 0 Å². The Morgan fingerprint density at radius 1 is 1.27 bits per heavy atom. The van der Waals surface area contributed by atoms with Crippen LogP contribution in [0.1, 0.15) is 11.1 Å². The summed E-state index contributed by atoms with van der Waals surface area (Å²) in [5.74, 6) is 1.36. The van der Waals surface area contributed by atoms with Crippen molar-refractivity contribution in [3.8, 4) is 11.5 Å². The molecule has 0 aliphatic carbocycles. The van der Waals surface area contributed by atoms with Crippen molar-refractivity contribution in [3.05, 3.63) is 53.9 Å². The first kappa shape index (κ1) is 19.4. The third-order valence-corrected chi connectivity index (χ3v) is 3.40. The molecule has 0 radical (unpaired) electrons. The molecule has 1 heterocycles. The minimum absolute atomic E-state index is 0.147. The molecule has 0 unspecified atom stereocenters. The van der Waals surface area contributed by atoms with E-state index < -0.39 is 6.61 Å². The molecule has 0 saturated heterocycles. The first-order chi connectivity index (χ1) is 12.6. The van der Waals surface area contributed by atoms with Crippen molar-refractivity contribution < 1.29 is 18.3 Å². The lowest BCUT2D eigenvalue weighted by Gasteiger charge is -2.15. The highest BCUT2D eigenvalue weighted by Gasteiger charge is 2.10. The number of rotatable bonds is 8. The van der Waals surface area contributed by atoms with E-state index in [1.165, 1.54) is 6.07 Å². The summed E-state index contributed by atoms with van der Waals surface area (Å²) in [5.41, 5.74) is 1.58. The molecule has 0 spiro atoms. The van der Waals surface area contributed by atoms with Gasteiger partial charge in [-0.1, -0.05) is 17.7 Å². The van der Waals surface area contributed by atoms with Crippen LogP contribution in [0, 0.1) is 6.92 Å². The van der Waals surface area contributed by atoms with E-state index in [-0.39, 0.29) is 5.75 Å². The molecule has 6 nitrogen and oxygen atoms in total. The lowest BCUT2D eigenvalue weighted by Crippen LogP contribution is -2.39. The molecule has 0 fully saturated rings. The molecule has 140 valence electrons. The van der Waals surface area contributed by atoms with Crippen LogP contribution in [-0.4, -0.2) is 37.8 Å². The van der Waals surface area contributed by atoms with Crippen molar-refractivity contribution >= 4 is 5.96 Å². The Hall–Kier alpha value is -2.90. The summed E-state index contributed by atoms with van der Waals surface area (Å²) in [6.07, 6.45) is 3.31. The summed E-state index contributed by atoms with van der Waals surface area (Å²) in [6, 6.07) is 8.68. The number of guanidine groups is 1. The molecule has 2 rings (SSSR count). The predicted octanol–water partition coefficient (Wildman–Crippen LogP) is 2.74. The van der Waals surface area contributed by atoms with E-state index in [2.05, 4.69) is 25.3 Å². The third-order valence-electron chi connectivity index (χ3n) is 3.40. The van der Waals surface area contributed by atoms with Crippen LogP contribution in [0.15, 0.2) is 47.7 Å². The Kier molecular flexibility index (Phi) is 7.60. The first-order valence-electron chi connectivity index (χ1n) is 8.10. The lowest BCUT2D eigenvalue weighted by atomic mass is 10.1. The standard InChI is InChI=1S/C18H22F2N4O2/c1-13-5-6-16(26-17(19)20)14(10-13)11-24-18(21-2)23-8-9-25-15-4-3-7-22-12-15/h3-7,10,12,17H,8-9,11H2,1-2H3,(H2,21,23,24). The lowest BCUT2D eigenvalue weighted by molar-refractivity contribution is -0.0504. The number of aryl methyl sites for hydroxylation is 1. The molecule has 26 heavy (non-hydrogen) atoms. The Morgan fingerprint density at radius 3 is 2.81 bits per heavy atom. The molecule has 1 aromatic heterocycles. The van der Waals surface area contributed by atoms with Gasteiger partial charge in [-0.2, -0.15) is 8.78 Å². The fraction of sp³-hybridized carbons (Fsp3) is 0.333. The van der Waals surface area contributed by atoms with Crippen molar-refractivity contribution in [2.45, 2.75) is 20.1 Å². The van der Waals surface area contributed by atoms with Crippen molar-refractivity contribution in [3.63, 3.8) is 0 Å². The van der Waals surface area contributed by atoms with Crippen molar-refractivity contribution in [1.82, 2.24) is 15.6 Å². The number of nitrogens with zero attached hydrogens (tertiary/aromatic N) is 2. The molecule has 0 amide bonds. The van der Waals surface area contributed by atoms with Gasteiger partial charge in [0.2, 0.25) is 0 Å². The minimum Gasteiger partial charge on any atom is -0.490 e. The highest BCUT2D eigenvalue weighted by Crippen LogP contribution is 2.21. The van der Waals surface area contributed by atoms with E-state index in [1.54, 1.807) is 37.6 Å². The molecule has 0 saturated carbocycles. The number of nitrogens with one attached hydrogen (secondary N) is 2. The molecule has 0 aliphatic rings. The van der Waals surface area contributed by atoms with Gasteiger partial charge in [-0.3, -0.25) is 9.98 Å². The number of hydrogen-bond donors (Lipinski definition) is 2. The van der Waals surface area contributed by atoms with Gasteiger partial charge in [0.1, 0.15) is 18.1 Å². The molecule has 2 aromatic rings. The number of aliphatic imine (C=N–C) groups is 1. The Labute approximate surface area is 151 Å². The highest BCUT2D eigenvalue weighted by molar-refractivity contribution is 5.79. The Morgan fingerprint density at radius 2 is 2.12 bits per heavy atom. The molecule has 0 aliphatic heterocycles. The van der Waals surface area contributed by atoms with Crippen LogP contribution in [-0.2, 0) is 6.54 Å². The maximum atomic E-state index is 12.5. The van der Waals surface area contributed by atoms with Crippen molar-refractivity contribution in [2.75, 3.05) is 20.2 Å². The fourth-order valence-electron chi connectivity index (χ4n) is 2.23. The summed E-state index contributed by atoms with van der Waals surface area (Å²) in [7, 11) is 1.63. The predicted molar refractivity (Wildman–Crippen MR) is 95.7 cm³/mol. The summed E-state index contributed by atoms with van der Waals surface area (Å²) in [5, 5.41) is 6.16. The molecule has 0 bridgehead atoms. The van der Waals surface area contributed by atoms with Crippen LogP contribution in [0.25, 0.3) is 0 Å². The number of aromatic nitrogens is 1. The molecule has 0 atom stereocenters. The zero-order chi connectivity index (χ0) is 18.8. The molecule has 1 aromatic carbocycles. The minimum atomic E-state index is -2.86. The number of alkyl halides is 2. The van der Waals surface area contributed by atoms with Crippen LogP contribution in [0.3, 0.4) is 0 Å². The van der Waals surface area contributed by atoms with Crippen molar-refractivity contribution in [2.24, 2.45) is 4.99 Å². The Bertz CT molecular complexity index is 712. The van der Waals surface area contributed by atoms with E-state index in [4.69, 9.17) is 4.74 Å². The summed E-state index contributed by atoms with van der Waals surface area (Å²) < 4.78 is 35.1. The smallest absolute Gasteiger partial charge is 0.387 e. The first-order valence-corrected chi connectivity index (χ1v) is 8.10. The quantitative estimate of drug-likeness (QED) is 0.428. The monoisotopic (exact) mass is 364 g/mol. The fourth-order valence-corrected chi connectivity index (χ4v) is 2.23. The number of halogens is 2. The van der Waals surface area contributed by atoms with E-state index in [0.29, 0.717) is 37.0 Å². The SMILES string of the molecule is CN=C(NCCOc1cccnc1)NCc1cc(C)ccc1OC(F)F. The second-order valence-electron chi connectivity index (χ2n) is 5.38. The van der Waals surface area contributed by atoms with Crippen LogP contribution >= 0.6 is 0 Å². The zero-order valence-corrected chi connectivity index (χ0v) is 14.7. The largest absolute Gasteiger partial charge is 0.490 e. The second-order valence-corrected chi connectivity index (χ2v) is 5.38. The summed E-state index contributed by atoms with van der Waals surface area (Å²) >= 11 is 0. The van der Waals surface area contributed by atoms with E-state index in [0.717, 1.165) is 5.56 Å². The van der Waals surface area contributed by atoms with Crippen molar-refractivity contribution in [1.29, 1.82) is 0 Å². The number of ether oxygens (including phenoxy) is 2. The van der Waals surface area contributed by atoms with Crippen LogP contribution in [0.5, 0.6) is 11.5 Å². The molecule has 8 heteroatoms. The highest BCUT2D eigenvalue weighted by atomic mass is 19.3. The van der Waals surface area contributed by atoms with Gasteiger partial charge in [0.05, 0.1) is 12.7 Å². The van der Waals surface area contributed by atoms with Gasteiger partial charge < -0.3 is 20.1 Å². The summed E-state index contributed by atoms with van der Waals surface area (Å²) in [4.78, 5) is 8.06. The number of hydrogen-bond acceptors (Lipinski definition) is 4. The molecule has 2 N–H and O–H groups in total. The van der Waals surface area contributed by atoms with Gasteiger partial charge in [0, 0.05) is 25.4 Å². The molecular formula is C18H22F2N4O2. The average molecular weight is 364 g/mol. The van der Waals surface area contributed by atoms with Crippen LogP contribution in [0.4, 0.5) is 8.78 Å². The van der Waals surface area contributed by atoms with Gasteiger partial charge in [-0.15, -0.1) is 0 Å². The van der Waals surface area contributed by atoms with Gasteiger partial charge in [-0.25, -0.2) is 0 Å². The number of pyridine rings is 1. The number of benzene rings is 1.